The monoisotopic (exact) mass is 299 g/mol. The number of hydrogen-bond donors (Lipinski definition) is 1. The number of pyridine rings is 1. The molecule has 0 radical (unpaired) electrons. The lowest BCUT2D eigenvalue weighted by atomic mass is 10.0. The summed E-state index contributed by atoms with van der Waals surface area (Å²) in [5, 5.41) is 6.56. The van der Waals surface area contributed by atoms with Gasteiger partial charge in [0.1, 0.15) is 11.6 Å². The van der Waals surface area contributed by atoms with Gasteiger partial charge in [-0.05, 0) is 36.8 Å². The van der Waals surface area contributed by atoms with Crippen molar-refractivity contribution in [2.24, 2.45) is 5.16 Å². The maximum atomic E-state index is 13.2. The summed E-state index contributed by atoms with van der Waals surface area (Å²) in [6.45, 7) is 1.91. The van der Waals surface area contributed by atoms with Gasteiger partial charge in [-0.1, -0.05) is 17.3 Å². The van der Waals surface area contributed by atoms with E-state index < -0.39 is 6.10 Å². The molecule has 1 aliphatic heterocycles. The highest BCUT2D eigenvalue weighted by Crippen LogP contribution is 2.18. The smallest absolute Gasteiger partial charge is 0.269 e. The number of aromatic nitrogens is 1. The van der Waals surface area contributed by atoms with Crippen molar-refractivity contribution in [2.75, 3.05) is 5.32 Å². The number of benzene rings is 1. The van der Waals surface area contributed by atoms with Gasteiger partial charge in [-0.15, -0.1) is 0 Å². The molecule has 22 heavy (non-hydrogen) atoms. The zero-order valence-corrected chi connectivity index (χ0v) is 11.9. The predicted octanol–water partition coefficient (Wildman–Crippen LogP) is 2.66. The van der Waals surface area contributed by atoms with Crippen LogP contribution in [0.25, 0.3) is 0 Å². The van der Waals surface area contributed by atoms with Crippen molar-refractivity contribution < 1.29 is 14.0 Å². The van der Waals surface area contributed by atoms with Gasteiger partial charge in [-0.2, -0.15) is 0 Å². The lowest BCUT2D eigenvalue weighted by molar-refractivity contribution is -0.125. The Hall–Kier alpha value is -2.76. The predicted molar refractivity (Wildman–Crippen MR) is 80.0 cm³/mol. The van der Waals surface area contributed by atoms with Crippen LogP contribution in [0, 0.1) is 12.7 Å². The van der Waals surface area contributed by atoms with E-state index in [1.807, 2.05) is 13.0 Å². The molecule has 0 unspecified atom stereocenters. The summed E-state index contributed by atoms with van der Waals surface area (Å²) >= 11 is 0. The molecule has 2 aromatic rings. The number of rotatable bonds is 3. The van der Waals surface area contributed by atoms with Crippen LogP contribution in [0.2, 0.25) is 0 Å². The molecule has 3 rings (SSSR count). The van der Waals surface area contributed by atoms with E-state index in [4.69, 9.17) is 4.84 Å². The Morgan fingerprint density at radius 1 is 1.36 bits per heavy atom. The van der Waals surface area contributed by atoms with Crippen LogP contribution in [-0.4, -0.2) is 22.7 Å². The van der Waals surface area contributed by atoms with Crippen molar-refractivity contribution in [3.05, 3.63) is 59.5 Å². The fraction of sp³-hybridized carbons (Fsp3) is 0.188. The zero-order valence-electron chi connectivity index (χ0n) is 11.9. The molecular weight excluding hydrogens is 285 g/mol. The van der Waals surface area contributed by atoms with Crippen LogP contribution in [0.4, 0.5) is 10.2 Å². The second kappa shape index (κ2) is 5.93. The van der Waals surface area contributed by atoms with E-state index in [1.54, 1.807) is 24.4 Å². The summed E-state index contributed by atoms with van der Waals surface area (Å²) in [4.78, 5) is 21.4. The van der Waals surface area contributed by atoms with Gasteiger partial charge in [0.2, 0.25) is 6.10 Å². The van der Waals surface area contributed by atoms with E-state index in [2.05, 4.69) is 15.5 Å². The number of hydrogen-bond acceptors (Lipinski definition) is 4. The molecule has 1 aromatic carbocycles. The maximum absolute atomic E-state index is 13.2. The van der Waals surface area contributed by atoms with Crippen LogP contribution in [0.15, 0.2) is 47.8 Å². The third-order valence-corrected chi connectivity index (χ3v) is 3.29. The molecule has 1 aliphatic rings. The van der Waals surface area contributed by atoms with E-state index in [0.717, 1.165) is 5.56 Å². The Labute approximate surface area is 126 Å². The van der Waals surface area contributed by atoms with E-state index in [9.17, 15) is 9.18 Å². The Bertz CT molecular complexity index is 746. The van der Waals surface area contributed by atoms with Crippen LogP contribution in [-0.2, 0) is 9.63 Å². The van der Waals surface area contributed by atoms with Crippen molar-refractivity contribution in [3.8, 4) is 0 Å². The Morgan fingerprint density at radius 2 is 2.23 bits per heavy atom. The quantitative estimate of drug-likeness (QED) is 0.947. The van der Waals surface area contributed by atoms with Gasteiger partial charge in [0.25, 0.3) is 5.91 Å². The fourth-order valence-corrected chi connectivity index (χ4v) is 2.17. The van der Waals surface area contributed by atoms with Gasteiger partial charge in [0.15, 0.2) is 0 Å². The minimum absolute atomic E-state index is 0.293. The molecule has 0 bridgehead atoms. The van der Waals surface area contributed by atoms with Crippen LogP contribution in [0.3, 0.4) is 0 Å². The minimum atomic E-state index is -0.736. The van der Waals surface area contributed by atoms with E-state index in [0.29, 0.717) is 23.5 Å². The average molecular weight is 299 g/mol. The molecule has 0 saturated carbocycles. The summed E-state index contributed by atoms with van der Waals surface area (Å²) in [6, 6.07) is 9.65. The number of nitrogens with one attached hydrogen (secondary N) is 1. The highest BCUT2D eigenvalue weighted by Gasteiger charge is 2.29. The molecule has 6 heteroatoms. The topological polar surface area (TPSA) is 63.6 Å². The molecule has 0 fully saturated rings. The molecule has 5 nitrogen and oxygen atoms in total. The van der Waals surface area contributed by atoms with Crippen LogP contribution in [0.5, 0.6) is 0 Å². The highest BCUT2D eigenvalue weighted by molar-refractivity contribution is 6.05. The second-order valence-electron chi connectivity index (χ2n) is 5.05. The number of carbonyl (C=O) groups excluding carboxylic acids is 1. The van der Waals surface area contributed by atoms with Crippen molar-refractivity contribution in [1.29, 1.82) is 0 Å². The number of aryl methyl sites for hydroxylation is 1. The summed E-state index contributed by atoms with van der Waals surface area (Å²) in [6.07, 6.45) is 1.18. The zero-order chi connectivity index (χ0) is 15.5. The minimum Gasteiger partial charge on any atom is -0.382 e. The summed E-state index contributed by atoms with van der Waals surface area (Å²) in [5.41, 5.74) is 2.16. The molecule has 1 atom stereocenters. The first-order chi connectivity index (χ1) is 10.6. The molecule has 2 heterocycles. The molecule has 0 aliphatic carbocycles. The van der Waals surface area contributed by atoms with E-state index >= 15 is 0 Å². The van der Waals surface area contributed by atoms with Crippen LogP contribution < -0.4 is 5.32 Å². The Morgan fingerprint density at radius 3 is 3.00 bits per heavy atom. The van der Waals surface area contributed by atoms with Crippen molar-refractivity contribution in [3.63, 3.8) is 0 Å². The van der Waals surface area contributed by atoms with Crippen molar-refractivity contribution >= 4 is 17.4 Å². The van der Waals surface area contributed by atoms with Crippen molar-refractivity contribution in [2.45, 2.75) is 19.4 Å². The van der Waals surface area contributed by atoms with Gasteiger partial charge < -0.3 is 10.2 Å². The molecule has 1 amide bonds. The van der Waals surface area contributed by atoms with Crippen LogP contribution in [0.1, 0.15) is 17.5 Å². The third kappa shape index (κ3) is 3.11. The maximum Gasteiger partial charge on any atom is 0.269 e. The third-order valence-electron chi connectivity index (χ3n) is 3.29. The van der Waals surface area contributed by atoms with Gasteiger partial charge >= 0.3 is 0 Å². The highest BCUT2D eigenvalue weighted by atomic mass is 19.1. The van der Waals surface area contributed by atoms with Gasteiger partial charge in [-0.25, -0.2) is 9.37 Å². The van der Waals surface area contributed by atoms with Crippen LogP contribution >= 0.6 is 0 Å². The SMILES string of the molecule is Cc1ccnc(NC(=O)[C@H]2CC(c3cccc(F)c3)=NO2)c1. The largest absolute Gasteiger partial charge is 0.382 e. The molecule has 1 aromatic heterocycles. The number of anilines is 1. The summed E-state index contributed by atoms with van der Waals surface area (Å²) in [7, 11) is 0. The first kappa shape index (κ1) is 14.2. The van der Waals surface area contributed by atoms with Gasteiger partial charge in [0.05, 0.1) is 5.71 Å². The first-order valence-electron chi connectivity index (χ1n) is 6.84. The van der Waals surface area contributed by atoms with Gasteiger partial charge in [-0.3, -0.25) is 4.79 Å². The number of oxime groups is 1. The summed E-state index contributed by atoms with van der Waals surface area (Å²) < 4.78 is 13.2. The summed E-state index contributed by atoms with van der Waals surface area (Å²) in [5.74, 6) is -0.210. The fourth-order valence-electron chi connectivity index (χ4n) is 2.17. The number of carbonyl (C=O) groups is 1. The molecule has 0 saturated heterocycles. The molecular formula is C16H14FN3O2. The Kier molecular flexibility index (Phi) is 3.82. The second-order valence-corrected chi connectivity index (χ2v) is 5.05. The molecule has 112 valence electrons. The normalized spacial score (nSPS) is 16.8. The van der Waals surface area contributed by atoms with Crippen molar-refractivity contribution in [1.82, 2.24) is 4.98 Å². The van der Waals surface area contributed by atoms with Gasteiger partial charge in [0, 0.05) is 18.2 Å². The van der Waals surface area contributed by atoms with E-state index in [1.165, 1.54) is 12.1 Å². The molecule has 0 spiro atoms. The Balaban J connectivity index is 1.65. The molecule has 1 N–H and O–H groups in total. The number of amides is 1. The van der Waals surface area contributed by atoms with E-state index in [-0.39, 0.29) is 11.7 Å². The lowest BCUT2D eigenvalue weighted by Crippen LogP contribution is -2.28. The number of nitrogens with zero attached hydrogens (tertiary/aromatic N) is 2. The lowest BCUT2D eigenvalue weighted by Gasteiger charge is -2.09. The average Bonchev–Trinajstić information content (AvgIpc) is 2.97. The number of halogens is 1. The first-order valence-corrected chi connectivity index (χ1v) is 6.84. The standard InChI is InChI=1S/C16H14FN3O2/c1-10-5-6-18-15(7-10)19-16(21)14-9-13(20-22-14)11-3-2-4-12(17)8-11/h2-8,14H,9H2,1H3,(H,18,19,21)/t14-/m1/s1.